The van der Waals surface area contributed by atoms with E-state index >= 15 is 0 Å². The van der Waals surface area contributed by atoms with Gasteiger partial charge in [-0.25, -0.2) is 0 Å². The lowest BCUT2D eigenvalue weighted by atomic mass is 9.81. The molecule has 1 aromatic carbocycles. The lowest BCUT2D eigenvalue weighted by Crippen LogP contribution is -2.56. The van der Waals surface area contributed by atoms with Crippen LogP contribution in [-0.2, 0) is 22.7 Å². The summed E-state index contributed by atoms with van der Waals surface area (Å²) in [5.74, 6) is -0.752. The Morgan fingerprint density at radius 2 is 1.94 bits per heavy atom. The van der Waals surface area contributed by atoms with E-state index in [4.69, 9.17) is 0 Å². The summed E-state index contributed by atoms with van der Waals surface area (Å²) < 4.78 is 0. The third-order valence-electron chi connectivity index (χ3n) is 7.48. The van der Waals surface area contributed by atoms with Gasteiger partial charge < -0.3 is 15.5 Å². The van der Waals surface area contributed by atoms with Crippen LogP contribution < -0.4 is 16.0 Å². The van der Waals surface area contributed by atoms with Gasteiger partial charge in [-0.3, -0.25) is 19.7 Å². The molecule has 4 heterocycles. The fourth-order valence-electron chi connectivity index (χ4n) is 6.01. The van der Waals surface area contributed by atoms with E-state index in [1.165, 1.54) is 12.8 Å². The Morgan fingerprint density at radius 3 is 2.65 bits per heavy atom. The number of nitrogens with one attached hydrogen (secondary N) is 3. The van der Waals surface area contributed by atoms with Crippen LogP contribution in [0, 0.1) is 0 Å². The van der Waals surface area contributed by atoms with E-state index in [1.807, 2.05) is 18.2 Å². The largest absolute Gasteiger partial charge is 0.322 e. The van der Waals surface area contributed by atoms with Crippen LogP contribution in [0.5, 0.6) is 0 Å². The third-order valence-corrected chi connectivity index (χ3v) is 7.48. The molecule has 3 amide bonds. The first-order valence-electron chi connectivity index (χ1n) is 11.4. The van der Waals surface area contributed by atoms with Crippen molar-refractivity contribution in [3.05, 3.63) is 47.5 Å². The van der Waals surface area contributed by atoms with Gasteiger partial charge in [-0.2, -0.15) is 0 Å². The number of fused-ring (bicyclic) bond motifs is 3. The molecule has 4 aliphatic heterocycles. The van der Waals surface area contributed by atoms with Gasteiger partial charge in [0.2, 0.25) is 11.8 Å². The summed E-state index contributed by atoms with van der Waals surface area (Å²) in [6.07, 6.45) is 8.25. The molecule has 7 nitrogen and oxygen atoms in total. The van der Waals surface area contributed by atoms with Gasteiger partial charge in [0.1, 0.15) is 6.04 Å². The average Bonchev–Trinajstić information content (AvgIpc) is 3.26. The molecular formula is C24H30N4O3. The maximum absolute atomic E-state index is 13.1. The minimum Gasteiger partial charge on any atom is -0.322 e. The van der Waals surface area contributed by atoms with Crippen LogP contribution >= 0.6 is 0 Å². The maximum Gasteiger partial charge on any atom is 0.255 e. The lowest BCUT2D eigenvalue weighted by molar-refractivity contribution is -0.136. The second-order valence-electron chi connectivity index (χ2n) is 9.52. The first-order chi connectivity index (χ1) is 15.0. The Labute approximate surface area is 182 Å². The molecule has 0 aliphatic carbocycles. The second kappa shape index (κ2) is 7.88. The van der Waals surface area contributed by atoms with Crippen molar-refractivity contribution in [3.63, 3.8) is 0 Å². The van der Waals surface area contributed by atoms with Gasteiger partial charge in [0, 0.05) is 42.7 Å². The number of piperidine rings is 2. The molecular weight excluding hydrogens is 392 g/mol. The highest BCUT2D eigenvalue weighted by molar-refractivity contribution is 6.05. The Bertz CT molecular complexity index is 931. The number of carbonyl (C=O) groups excluding carboxylic acids is 3. The molecule has 4 aliphatic rings. The van der Waals surface area contributed by atoms with Gasteiger partial charge in [0.25, 0.3) is 5.91 Å². The number of nitrogens with zero attached hydrogens (tertiary/aromatic N) is 1. The number of benzene rings is 1. The summed E-state index contributed by atoms with van der Waals surface area (Å²) in [4.78, 5) is 38.5. The monoisotopic (exact) mass is 422 g/mol. The predicted molar refractivity (Wildman–Crippen MR) is 116 cm³/mol. The van der Waals surface area contributed by atoms with Crippen LogP contribution in [0.25, 0.3) is 0 Å². The van der Waals surface area contributed by atoms with E-state index in [-0.39, 0.29) is 29.7 Å². The maximum atomic E-state index is 13.1. The lowest BCUT2D eigenvalue weighted by Gasteiger charge is -2.42. The van der Waals surface area contributed by atoms with E-state index in [2.05, 4.69) is 28.6 Å². The van der Waals surface area contributed by atoms with Crippen LogP contribution in [0.1, 0.15) is 66.4 Å². The quantitative estimate of drug-likeness (QED) is 0.480. The summed E-state index contributed by atoms with van der Waals surface area (Å²) in [5, 5.41) is 9.92. The van der Waals surface area contributed by atoms with Gasteiger partial charge in [0.15, 0.2) is 0 Å². The fraction of sp³-hybridized carbons (Fsp3) is 0.542. The van der Waals surface area contributed by atoms with Gasteiger partial charge in [-0.15, -0.1) is 6.58 Å². The molecule has 0 radical (unpaired) electrons. The summed E-state index contributed by atoms with van der Waals surface area (Å²) in [5.41, 5.74) is 2.81. The first-order valence-corrected chi connectivity index (χ1v) is 11.4. The zero-order chi connectivity index (χ0) is 21.6. The minimum atomic E-state index is -0.578. The molecule has 164 valence electrons. The normalized spacial score (nSPS) is 32.2. The van der Waals surface area contributed by atoms with Crippen LogP contribution in [-0.4, -0.2) is 46.3 Å². The molecule has 3 saturated heterocycles. The average molecular weight is 423 g/mol. The number of hydrogen-bond acceptors (Lipinski definition) is 5. The number of hydrogen-bond donors (Lipinski definition) is 3. The van der Waals surface area contributed by atoms with Gasteiger partial charge >= 0.3 is 0 Å². The summed E-state index contributed by atoms with van der Waals surface area (Å²) in [6, 6.07) is 6.40. The molecule has 31 heavy (non-hydrogen) atoms. The predicted octanol–water partition coefficient (Wildman–Crippen LogP) is 1.77. The summed E-state index contributed by atoms with van der Waals surface area (Å²) in [7, 11) is 0. The van der Waals surface area contributed by atoms with Crippen molar-refractivity contribution in [1.82, 2.24) is 20.9 Å². The number of amides is 3. The third kappa shape index (κ3) is 3.70. The molecule has 3 atom stereocenters. The second-order valence-corrected chi connectivity index (χ2v) is 9.52. The summed E-state index contributed by atoms with van der Waals surface area (Å²) >= 11 is 0. The van der Waals surface area contributed by atoms with E-state index in [1.54, 1.807) is 4.90 Å². The van der Waals surface area contributed by atoms with Crippen LogP contribution in [0.2, 0.25) is 0 Å². The Balaban J connectivity index is 1.34. The smallest absolute Gasteiger partial charge is 0.255 e. The molecule has 0 aromatic heterocycles. The Morgan fingerprint density at radius 1 is 1.16 bits per heavy atom. The number of imide groups is 1. The van der Waals surface area contributed by atoms with Gasteiger partial charge in [-0.05, 0) is 55.7 Å². The minimum absolute atomic E-state index is 0.0352. The zero-order valence-corrected chi connectivity index (χ0v) is 17.8. The van der Waals surface area contributed by atoms with Gasteiger partial charge in [0.05, 0.1) is 0 Å². The van der Waals surface area contributed by atoms with Crippen molar-refractivity contribution >= 4 is 17.7 Å². The van der Waals surface area contributed by atoms with Crippen LogP contribution in [0.3, 0.4) is 0 Å². The highest BCUT2D eigenvalue weighted by Gasteiger charge is 2.43. The van der Waals surface area contributed by atoms with Crippen molar-refractivity contribution in [3.8, 4) is 0 Å². The molecule has 3 unspecified atom stereocenters. The van der Waals surface area contributed by atoms with Gasteiger partial charge in [-0.1, -0.05) is 18.2 Å². The van der Waals surface area contributed by atoms with E-state index < -0.39 is 6.04 Å². The van der Waals surface area contributed by atoms with Crippen molar-refractivity contribution in [2.45, 2.75) is 81.7 Å². The molecule has 1 aromatic rings. The highest BCUT2D eigenvalue weighted by Crippen LogP contribution is 2.37. The Hall–Kier alpha value is -2.51. The van der Waals surface area contributed by atoms with Crippen molar-refractivity contribution < 1.29 is 14.4 Å². The summed E-state index contributed by atoms with van der Waals surface area (Å²) in [6.45, 7) is 5.10. The van der Waals surface area contributed by atoms with E-state index in [0.717, 1.165) is 30.4 Å². The standard InChI is InChI=1S/C24H30N4O3/c1-2-10-24(11-16-6-7-17(12-24)26-16)25-13-15-4-3-5-18-19(15)14-28(23(18)31)20-8-9-21(29)27-22(20)30/h2-5,16-17,20,25-26H,1,6-14H2,(H,27,29,30). The molecule has 0 saturated carbocycles. The van der Waals surface area contributed by atoms with E-state index in [9.17, 15) is 14.4 Å². The molecule has 3 N–H and O–H groups in total. The van der Waals surface area contributed by atoms with Crippen LogP contribution in [0.15, 0.2) is 30.9 Å². The Kier molecular flexibility index (Phi) is 5.18. The molecule has 3 fully saturated rings. The van der Waals surface area contributed by atoms with Crippen molar-refractivity contribution in [2.24, 2.45) is 0 Å². The zero-order valence-electron chi connectivity index (χ0n) is 17.8. The topological polar surface area (TPSA) is 90.5 Å². The van der Waals surface area contributed by atoms with E-state index in [0.29, 0.717) is 37.2 Å². The highest BCUT2D eigenvalue weighted by atomic mass is 16.2. The van der Waals surface area contributed by atoms with Crippen molar-refractivity contribution in [2.75, 3.05) is 0 Å². The SMILES string of the molecule is C=CCC1(NCc2cccc3c2CN(C2CCC(=O)NC2=O)C3=O)CC2CCC(C1)N2. The molecule has 7 heteroatoms. The molecule has 2 bridgehead atoms. The first kappa shape index (κ1) is 20.4. The number of rotatable bonds is 6. The molecule has 0 spiro atoms. The van der Waals surface area contributed by atoms with Crippen LogP contribution in [0.4, 0.5) is 0 Å². The fourth-order valence-corrected chi connectivity index (χ4v) is 6.01. The number of carbonyl (C=O) groups is 3. The molecule has 5 rings (SSSR count). The van der Waals surface area contributed by atoms with Crippen molar-refractivity contribution in [1.29, 1.82) is 0 Å².